The number of benzene rings is 2. The van der Waals surface area contributed by atoms with E-state index in [1.807, 2.05) is 59.7 Å². The number of nitrogens with zero attached hydrogens (tertiary/aromatic N) is 1. The van der Waals surface area contributed by atoms with E-state index in [0.29, 0.717) is 40.2 Å². The van der Waals surface area contributed by atoms with Crippen molar-refractivity contribution in [3.05, 3.63) is 76.8 Å². The van der Waals surface area contributed by atoms with Gasteiger partial charge in [-0.1, -0.05) is 43.3 Å². The van der Waals surface area contributed by atoms with Crippen LogP contribution in [0.3, 0.4) is 0 Å². The molecule has 0 aliphatic carbocycles. The molecular formula is C31H39ClN2O5S. The lowest BCUT2D eigenvalue weighted by molar-refractivity contribution is -0.164. The monoisotopic (exact) mass is 586 g/mol. The van der Waals surface area contributed by atoms with Gasteiger partial charge in [0.1, 0.15) is 0 Å². The minimum atomic E-state index is -3.98. The summed E-state index contributed by atoms with van der Waals surface area (Å²) >= 11 is 6.23. The molecule has 1 heterocycles. The van der Waals surface area contributed by atoms with E-state index in [9.17, 15) is 13.2 Å². The predicted octanol–water partition coefficient (Wildman–Crippen LogP) is 7.77. The Morgan fingerprint density at radius 2 is 1.80 bits per heavy atom. The number of carbonyl (C=O) groups is 1. The Bertz CT molecular complexity index is 1520. The van der Waals surface area contributed by atoms with Crippen molar-refractivity contribution in [2.75, 3.05) is 11.4 Å². The van der Waals surface area contributed by atoms with Crippen LogP contribution >= 0.6 is 11.6 Å². The number of carbonyl (C=O) groups excluding carboxylic acids is 1. The van der Waals surface area contributed by atoms with Gasteiger partial charge in [-0.2, -0.15) is 0 Å². The second kappa shape index (κ2) is 12.2. The van der Waals surface area contributed by atoms with Gasteiger partial charge in [0.15, 0.2) is 6.10 Å². The van der Waals surface area contributed by atoms with Crippen LogP contribution in [0.25, 0.3) is 22.0 Å². The number of aryl methyl sites for hydroxylation is 1. The number of methoxy groups -OCH3 is 1. The third-order valence-corrected chi connectivity index (χ3v) is 8.42. The molecule has 0 saturated carbocycles. The number of anilines is 1. The number of fused-ring (bicyclic) bond motifs is 1. The summed E-state index contributed by atoms with van der Waals surface area (Å²) in [6, 6.07) is 8.80. The molecule has 9 heteroatoms. The molecule has 2 atom stereocenters. The van der Waals surface area contributed by atoms with Crippen molar-refractivity contribution < 1.29 is 22.7 Å². The fourth-order valence-corrected chi connectivity index (χ4v) is 6.48. The first-order valence-electron chi connectivity index (χ1n) is 13.2. The van der Waals surface area contributed by atoms with Crippen molar-refractivity contribution in [3.63, 3.8) is 0 Å². The van der Waals surface area contributed by atoms with Gasteiger partial charge >= 0.3 is 5.97 Å². The summed E-state index contributed by atoms with van der Waals surface area (Å²) < 4.78 is 40.4. The molecule has 0 bridgehead atoms. The number of hydrogen-bond acceptors (Lipinski definition) is 5. The lowest BCUT2D eigenvalue weighted by Crippen LogP contribution is -2.40. The molecule has 0 aliphatic rings. The van der Waals surface area contributed by atoms with E-state index in [-0.39, 0.29) is 0 Å². The normalized spacial score (nSPS) is 13.6. The molecule has 0 radical (unpaired) electrons. The first kappa shape index (κ1) is 31.5. The number of sulfonamides is 1. The van der Waals surface area contributed by atoms with E-state index in [1.165, 1.54) is 11.4 Å². The Kier molecular flexibility index (Phi) is 9.60. The standard InChI is InChI=1S/C31H39ClN2O5S/c1-10-13-23(11-2)34(40(36,37)12-3)28-20(5)25(29(30(35)38-9)39-31(6,7)8)26(21-14-16-22(32)17-15-21)24-18-19(4)33-27(24)28/h10,12,14-18,23,29,33H,1,3,11,13H2,2,4-9H3/t23-,29+/m1/s1. The SMILES string of the molecule is C=CC[C@@H](CC)N(c1c(C)c([C@H](OC(C)(C)C)C(=O)OC)c(-c2ccc(Cl)cc2)c2cc(C)[nH]c12)S(=O)(=O)C=C. The van der Waals surface area contributed by atoms with Crippen molar-refractivity contribution >= 4 is 44.2 Å². The molecule has 0 spiro atoms. The topological polar surface area (TPSA) is 88.7 Å². The predicted molar refractivity (Wildman–Crippen MR) is 164 cm³/mol. The fourth-order valence-electron chi connectivity index (χ4n) is 5.06. The van der Waals surface area contributed by atoms with Crippen molar-refractivity contribution in [1.29, 1.82) is 0 Å². The lowest BCUT2D eigenvalue weighted by atomic mass is 9.87. The molecule has 7 nitrogen and oxygen atoms in total. The highest BCUT2D eigenvalue weighted by Crippen LogP contribution is 2.47. The Hall–Kier alpha value is -3.07. The number of halogens is 1. The fraction of sp³-hybridized carbons (Fsp3) is 0.387. The third-order valence-electron chi connectivity index (χ3n) is 6.72. The Morgan fingerprint density at radius 3 is 2.30 bits per heavy atom. The molecule has 216 valence electrons. The van der Waals surface area contributed by atoms with E-state index in [4.69, 9.17) is 21.1 Å². The van der Waals surface area contributed by atoms with Gasteiger partial charge in [-0.05, 0) is 82.3 Å². The molecule has 40 heavy (non-hydrogen) atoms. The number of aromatic nitrogens is 1. The van der Waals surface area contributed by atoms with Crippen molar-refractivity contribution in [3.8, 4) is 11.1 Å². The summed E-state index contributed by atoms with van der Waals surface area (Å²) in [5.41, 5.74) is 3.74. The van der Waals surface area contributed by atoms with Crippen LogP contribution in [0, 0.1) is 13.8 Å². The van der Waals surface area contributed by atoms with Crippen LogP contribution < -0.4 is 4.31 Å². The molecular weight excluding hydrogens is 548 g/mol. The maximum absolute atomic E-state index is 13.7. The summed E-state index contributed by atoms with van der Waals surface area (Å²) in [6.07, 6.45) is 1.49. The largest absolute Gasteiger partial charge is 0.467 e. The molecule has 3 aromatic rings. The maximum atomic E-state index is 13.7. The zero-order valence-electron chi connectivity index (χ0n) is 24.3. The summed E-state index contributed by atoms with van der Waals surface area (Å²) in [5.74, 6) is -0.595. The van der Waals surface area contributed by atoms with Gasteiger partial charge in [0.25, 0.3) is 10.0 Å². The highest BCUT2D eigenvalue weighted by Gasteiger charge is 2.38. The van der Waals surface area contributed by atoms with Gasteiger partial charge < -0.3 is 14.5 Å². The lowest BCUT2D eigenvalue weighted by Gasteiger charge is -2.35. The molecule has 0 saturated heterocycles. The second-order valence-electron chi connectivity index (χ2n) is 10.7. The van der Waals surface area contributed by atoms with Crippen LogP contribution in [0.5, 0.6) is 0 Å². The quantitative estimate of drug-likeness (QED) is 0.183. The van der Waals surface area contributed by atoms with Crippen molar-refractivity contribution in [2.24, 2.45) is 0 Å². The zero-order chi connectivity index (χ0) is 30.0. The summed E-state index contributed by atoms with van der Waals surface area (Å²) in [7, 11) is -2.67. The first-order valence-corrected chi connectivity index (χ1v) is 15.0. The molecule has 2 aromatic carbocycles. The van der Waals surface area contributed by atoms with E-state index in [2.05, 4.69) is 18.1 Å². The van der Waals surface area contributed by atoms with E-state index in [0.717, 1.165) is 27.6 Å². The van der Waals surface area contributed by atoms with Crippen LogP contribution in [0.15, 0.2) is 55.0 Å². The molecule has 0 amide bonds. The Morgan fingerprint density at radius 1 is 1.18 bits per heavy atom. The molecule has 0 unspecified atom stereocenters. The number of rotatable bonds is 11. The van der Waals surface area contributed by atoms with Crippen LogP contribution in [-0.4, -0.2) is 38.1 Å². The van der Waals surface area contributed by atoms with Gasteiger partial charge in [-0.3, -0.25) is 4.31 Å². The van der Waals surface area contributed by atoms with Gasteiger partial charge in [-0.15, -0.1) is 6.58 Å². The highest BCUT2D eigenvalue weighted by atomic mass is 35.5. The highest BCUT2D eigenvalue weighted by molar-refractivity contribution is 7.95. The van der Waals surface area contributed by atoms with Crippen molar-refractivity contribution in [1.82, 2.24) is 4.98 Å². The maximum Gasteiger partial charge on any atom is 0.339 e. The molecule has 1 N–H and O–H groups in total. The van der Waals surface area contributed by atoms with Gasteiger partial charge in [0.2, 0.25) is 0 Å². The number of ether oxygens (including phenoxy) is 2. The van der Waals surface area contributed by atoms with Gasteiger partial charge in [-0.25, -0.2) is 13.2 Å². The van der Waals surface area contributed by atoms with Crippen LogP contribution in [-0.2, 0) is 24.3 Å². The third kappa shape index (κ3) is 6.29. The Labute approximate surface area is 242 Å². The number of aromatic amines is 1. The number of H-pyrrole nitrogens is 1. The minimum Gasteiger partial charge on any atom is -0.467 e. The summed E-state index contributed by atoms with van der Waals surface area (Å²) in [6.45, 7) is 18.7. The van der Waals surface area contributed by atoms with Crippen LogP contribution in [0.4, 0.5) is 5.69 Å². The van der Waals surface area contributed by atoms with E-state index < -0.39 is 33.7 Å². The number of nitrogens with one attached hydrogen (secondary N) is 1. The molecule has 0 fully saturated rings. The summed E-state index contributed by atoms with van der Waals surface area (Å²) in [5, 5.41) is 2.25. The van der Waals surface area contributed by atoms with E-state index in [1.54, 1.807) is 18.2 Å². The smallest absolute Gasteiger partial charge is 0.339 e. The number of hydrogen-bond donors (Lipinski definition) is 1. The minimum absolute atomic E-state index is 0.414. The zero-order valence-corrected chi connectivity index (χ0v) is 25.9. The average molecular weight is 587 g/mol. The molecule has 3 rings (SSSR count). The molecule has 1 aromatic heterocycles. The number of esters is 1. The van der Waals surface area contributed by atoms with Crippen molar-refractivity contribution in [2.45, 2.75) is 72.1 Å². The Balaban J connectivity index is 2.65. The summed E-state index contributed by atoms with van der Waals surface area (Å²) in [4.78, 5) is 16.8. The van der Waals surface area contributed by atoms with Gasteiger partial charge in [0.05, 0.1) is 23.9 Å². The van der Waals surface area contributed by atoms with E-state index >= 15 is 0 Å². The second-order valence-corrected chi connectivity index (χ2v) is 12.9. The first-order chi connectivity index (χ1) is 18.7. The van der Waals surface area contributed by atoms with Crippen LogP contribution in [0.1, 0.15) is 63.5 Å². The van der Waals surface area contributed by atoms with Gasteiger partial charge in [0, 0.05) is 33.1 Å². The van der Waals surface area contributed by atoms with Crippen LogP contribution in [0.2, 0.25) is 5.02 Å². The molecule has 0 aliphatic heterocycles. The average Bonchev–Trinajstić information content (AvgIpc) is 3.28.